The normalized spacial score (nSPS) is 24.3. The molecule has 5 rings (SSSR count). The maximum Gasteiger partial charge on any atom is 0.408 e. The molecule has 13 nitrogen and oxygen atoms in total. The van der Waals surface area contributed by atoms with Crippen molar-refractivity contribution in [1.29, 1.82) is 0 Å². The van der Waals surface area contributed by atoms with Gasteiger partial charge >= 0.3 is 12.1 Å². The van der Waals surface area contributed by atoms with E-state index in [0.29, 0.717) is 43.4 Å². The zero-order valence-corrected chi connectivity index (χ0v) is 28.0. The first-order valence-corrected chi connectivity index (χ1v) is 16.5. The van der Waals surface area contributed by atoms with Crippen molar-refractivity contribution in [2.24, 2.45) is 34.6 Å². The van der Waals surface area contributed by atoms with E-state index in [0.717, 1.165) is 31.7 Å². The van der Waals surface area contributed by atoms with E-state index in [1.165, 1.54) is 19.3 Å². The van der Waals surface area contributed by atoms with Crippen molar-refractivity contribution in [3.05, 3.63) is 35.9 Å². The van der Waals surface area contributed by atoms with Crippen molar-refractivity contribution in [3.63, 3.8) is 0 Å². The summed E-state index contributed by atoms with van der Waals surface area (Å²) in [7, 11) is 0. The van der Waals surface area contributed by atoms with Crippen molar-refractivity contribution in [2.45, 2.75) is 109 Å². The molecule has 4 saturated carbocycles. The van der Waals surface area contributed by atoms with Gasteiger partial charge in [-0.3, -0.25) is 26.0 Å². The second kappa shape index (κ2) is 16.6. The lowest BCUT2D eigenvalue weighted by atomic mass is 9.54. The Morgan fingerprint density at radius 1 is 0.979 bits per heavy atom. The SMILES string of the molecule is CC(=O)[O-].CC(C)(C)[C@@H](NC(=O)OC12CC3CC(CC(C3)C1)C2)C(=O)N[C@@H](Cc1ccccc1)C(=O)N[C@H](C=O)CCC[NH+]=C(N)N. The van der Waals surface area contributed by atoms with Crippen molar-refractivity contribution < 1.29 is 38.8 Å². The Balaban J connectivity index is 0.00000142. The first kappa shape index (κ1) is 37.3. The number of alkyl carbamates (subject to hydrolysis) is 1. The molecule has 0 radical (unpaired) electrons. The quantitative estimate of drug-likeness (QED) is 0.0690. The molecule has 0 heterocycles. The van der Waals surface area contributed by atoms with E-state index in [9.17, 15) is 19.2 Å². The summed E-state index contributed by atoms with van der Waals surface area (Å²) >= 11 is 0. The number of benzene rings is 1. The lowest BCUT2D eigenvalue weighted by Crippen LogP contribution is -2.78. The van der Waals surface area contributed by atoms with Crippen LogP contribution in [0.3, 0.4) is 0 Å². The van der Waals surface area contributed by atoms with Crippen LogP contribution in [0.25, 0.3) is 0 Å². The zero-order valence-electron chi connectivity index (χ0n) is 28.0. The van der Waals surface area contributed by atoms with Gasteiger partial charge in [0.05, 0.1) is 12.6 Å². The number of carboxylic acid groups (broad SMARTS) is 1. The summed E-state index contributed by atoms with van der Waals surface area (Å²) in [4.78, 5) is 63.9. The fourth-order valence-electron chi connectivity index (χ4n) is 7.50. The summed E-state index contributed by atoms with van der Waals surface area (Å²) in [5.74, 6) is -0.145. The van der Waals surface area contributed by atoms with E-state index in [-0.39, 0.29) is 12.4 Å². The van der Waals surface area contributed by atoms with E-state index in [2.05, 4.69) is 20.9 Å². The minimum absolute atomic E-state index is 0.0844. The van der Waals surface area contributed by atoms with Crippen LogP contribution in [0.1, 0.15) is 84.6 Å². The Kier molecular flexibility index (Phi) is 13.2. The predicted molar refractivity (Wildman–Crippen MR) is 173 cm³/mol. The van der Waals surface area contributed by atoms with Crippen LogP contribution in [0.5, 0.6) is 0 Å². The lowest BCUT2D eigenvalue weighted by Gasteiger charge is -2.55. The number of rotatable bonds is 13. The number of amides is 3. The fourth-order valence-corrected chi connectivity index (χ4v) is 7.50. The number of hydrogen-bond acceptors (Lipinski definition) is 7. The van der Waals surface area contributed by atoms with Crippen molar-refractivity contribution >= 4 is 36.1 Å². The molecular weight excluding hydrogens is 604 g/mol. The van der Waals surface area contributed by atoms with E-state index in [4.69, 9.17) is 26.1 Å². The molecule has 8 N–H and O–H groups in total. The monoisotopic (exact) mass is 656 g/mol. The average molecular weight is 657 g/mol. The number of nitrogens with one attached hydrogen (secondary N) is 4. The second-order valence-electron chi connectivity index (χ2n) is 14.5. The second-order valence-corrected chi connectivity index (χ2v) is 14.5. The summed E-state index contributed by atoms with van der Waals surface area (Å²) in [5, 5.41) is 17.3. The molecule has 4 aliphatic carbocycles. The number of carbonyl (C=O) groups is 5. The van der Waals surface area contributed by atoms with Crippen LogP contribution < -0.4 is 37.5 Å². The minimum Gasteiger partial charge on any atom is -0.550 e. The predicted octanol–water partition coefficient (Wildman–Crippen LogP) is -0.602. The smallest absolute Gasteiger partial charge is 0.408 e. The summed E-state index contributed by atoms with van der Waals surface area (Å²) in [6.45, 7) is 6.99. The van der Waals surface area contributed by atoms with Gasteiger partial charge in [-0.15, -0.1) is 0 Å². The topological polar surface area (TPSA) is 220 Å². The molecule has 0 saturated heterocycles. The third-order valence-corrected chi connectivity index (χ3v) is 9.11. The summed E-state index contributed by atoms with van der Waals surface area (Å²) in [6, 6.07) is 6.63. The molecule has 1 aromatic rings. The zero-order chi connectivity index (χ0) is 34.8. The van der Waals surface area contributed by atoms with Gasteiger partial charge in [-0.05, 0) is 87.0 Å². The highest BCUT2D eigenvalue weighted by Crippen LogP contribution is 2.57. The van der Waals surface area contributed by atoms with Crippen molar-refractivity contribution in [1.82, 2.24) is 16.0 Å². The fraction of sp³-hybridized carbons (Fsp3) is 0.647. The molecule has 260 valence electrons. The van der Waals surface area contributed by atoms with Gasteiger partial charge in [0.1, 0.15) is 24.0 Å². The number of aldehydes is 1. The molecule has 0 spiro atoms. The third kappa shape index (κ3) is 11.9. The minimum atomic E-state index is -1.08. The molecule has 47 heavy (non-hydrogen) atoms. The van der Waals surface area contributed by atoms with Gasteiger partial charge in [-0.1, -0.05) is 51.1 Å². The van der Waals surface area contributed by atoms with Crippen LogP contribution in [0, 0.1) is 23.2 Å². The highest BCUT2D eigenvalue weighted by atomic mass is 16.6. The Bertz CT molecular complexity index is 1240. The number of carboxylic acids is 1. The lowest BCUT2D eigenvalue weighted by molar-refractivity contribution is -0.459. The van der Waals surface area contributed by atoms with E-state index in [1.807, 2.05) is 51.1 Å². The van der Waals surface area contributed by atoms with Gasteiger partial charge in [0.25, 0.3) is 0 Å². The highest BCUT2D eigenvalue weighted by molar-refractivity contribution is 5.92. The van der Waals surface area contributed by atoms with Gasteiger partial charge < -0.3 is 35.4 Å². The van der Waals surface area contributed by atoms with Gasteiger partial charge in [-0.25, -0.2) is 4.79 Å². The Morgan fingerprint density at radius 2 is 1.53 bits per heavy atom. The molecule has 0 aliphatic heterocycles. The first-order chi connectivity index (χ1) is 22.1. The molecule has 3 atom stereocenters. The standard InChI is InChI=1S/C32H48N6O5.C2H4O2/c1-31(2,3)26(38-30(42)43-32-16-21-12-22(17-32)14-23(13-21)18-32)28(41)37-25(15-20-8-5-4-6-9-20)27(40)36-24(19-39)10-7-11-35-29(33)34;1-2(3)4/h4-6,8-9,19,21-26H,7,10-18H2,1-3H3,(H,36,40)(H,37,41)(H,38,42)(H4,33,34,35);1H3,(H,3,4)/t21?,22?,23?,24-,25-,26-,32?;/m0./s1. The third-order valence-electron chi connectivity index (χ3n) is 9.11. The maximum absolute atomic E-state index is 13.8. The molecule has 4 aliphatic rings. The maximum atomic E-state index is 13.8. The van der Waals surface area contributed by atoms with Crippen LogP contribution in [0.4, 0.5) is 4.79 Å². The average Bonchev–Trinajstić information content (AvgIpc) is 2.95. The first-order valence-electron chi connectivity index (χ1n) is 16.5. The van der Waals surface area contributed by atoms with E-state index >= 15 is 0 Å². The molecule has 3 amide bonds. The number of guanidine groups is 1. The summed E-state index contributed by atoms with van der Waals surface area (Å²) < 4.78 is 6.13. The van der Waals surface area contributed by atoms with E-state index in [1.54, 1.807) is 0 Å². The highest BCUT2D eigenvalue weighted by Gasteiger charge is 2.53. The Labute approximate surface area is 277 Å². The number of carbonyl (C=O) groups excluding carboxylic acids is 5. The molecule has 13 heteroatoms. The summed E-state index contributed by atoms with van der Waals surface area (Å²) in [6.07, 6.45) is 7.56. The number of hydrogen-bond donors (Lipinski definition) is 6. The van der Waals surface area contributed by atoms with Crippen LogP contribution >= 0.6 is 0 Å². The molecule has 1 aromatic carbocycles. The molecular formula is C34H52N6O7. The van der Waals surface area contributed by atoms with Crippen molar-refractivity contribution in [2.75, 3.05) is 6.54 Å². The summed E-state index contributed by atoms with van der Waals surface area (Å²) in [5.41, 5.74) is 10.6. The molecule has 4 fully saturated rings. The van der Waals surface area contributed by atoms with E-state index < -0.39 is 53.0 Å². The number of nitrogens with two attached hydrogens (primary N) is 2. The van der Waals surface area contributed by atoms with Gasteiger partial charge in [-0.2, -0.15) is 0 Å². The van der Waals surface area contributed by atoms with Gasteiger partial charge in [0, 0.05) is 12.4 Å². The van der Waals surface area contributed by atoms with Crippen LogP contribution in [0.2, 0.25) is 0 Å². The van der Waals surface area contributed by atoms with Crippen LogP contribution in [0.15, 0.2) is 30.3 Å². The molecule has 0 unspecified atom stereocenters. The number of aliphatic carboxylic acids is 1. The van der Waals surface area contributed by atoms with Gasteiger partial charge in [0.2, 0.25) is 11.8 Å². The van der Waals surface area contributed by atoms with Crippen LogP contribution in [-0.2, 0) is 30.3 Å². The molecule has 0 aromatic heterocycles. The van der Waals surface area contributed by atoms with Crippen molar-refractivity contribution in [3.8, 4) is 0 Å². The van der Waals surface area contributed by atoms with Crippen LogP contribution in [-0.4, -0.2) is 66.4 Å². The number of ether oxygens (including phenoxy) is 1. The molecule has 4 bridgehead atoms. The van der Waals surface area contributed by atoms with Gasteiger partial charge in [0.15, 0.2) is 0 Å². The Morgan fingerprint density at radius 3 is 2.02 bits per heavy atom. The largest absolute Gasteiger partial charge is 0.550 e. The Hall–Kier alpha value is -4.16.